The molecule has 0 heterocycles. The normalized spacial score (nSPS) is 15.6. The second kappa shape index (κ2) is 7.92. The fraction of sp³-hybridized carbons (Fsp3) is 0.533. The monoisotopic (exact) mass is 329 g/mol. The summed E-state index contributed by atoms with van der Waals surface area (Å²) in [5.41, 5.74) is 0.0991. The number of ether oxygens (including phenoxy) is 1. The van der Waals surface area contributed by atoms with Crippen LogP contribution < -0.4 is 9.61 Å². The highest BCUT2D eigenvalue weighted by molar-refractivity contribution is 8.11. The van der Waals surface area contributed by atoms with E-state index in [4.69, 9.17) is 21.1 Å². The molecule has 0 aliphatic heterocycles. The fourth-order valence-electron chi connectivity index (χ4n) is 1.58. The van der Waals surface area contributed by atoms with Gasteiger partial charge in [-0.1, -0.05) is 32.0 Å². The minimum absolute atomic E-state index is 0.0991. The molecule has 2 atom stereocenters. The summed E-state index contributed by atoms with van der Waals surface area (Å²) in [6, 6.07) is 8.94. The predicted octanol–water partition coefficient (Wildman–Crippen LogP) is 3.71. The van der Waals surface area contributed by atoms with Crippen LogP contribution in [0.1, 0.15) is 34.6 Å². The van der Waals surface area contributed by atoms with E-state index in [9.17, 15) is 4.79 Å². The van der Waals surface area contributed by atoms with Crippen LogP contribution >= 0.6 is 6.42 Å². The maximum atomic E-state index is 11.9. The molecule has 0 fully saturated rings. The Balaban J connectivity index is 2.81. The maximum absolute atomic E-state index is 11.9. The lowest BCUT2D eigenvalue weighted by Crippen LogP contribution is -2.37. The van der Waals surface area contributed by atoms with Crippen molar-refractivity contribution in [1.29, 1.82) is 0 Å². The number of carbonyl (C=O) groups is 1. The van der Waals surface area contributed by atoms with Gasteiger partial charge in [0.1, 0.15) is 11.8 Å². The van der Waals surface area contributed by atoms with Crippen molar-refractivity contribution in [3.63, 3.8) is 0 Å². The number of nitrogens with one attached hydrogen (secondary N) is 1. The van der Waals surface area contributed by atoms with Gasteiger partial charge in [0.25, 0.3) is 0 Å². The maximum Gasteiger partial charge on any atom is 0.323 e. The Labute approximate surface area is 132 Å². The molecule has 0 bridgehead atoms. The van der Waals surface area contributed by atoms with Crippen LogP contribution in [0.4, 0.5) is 0 Å². The van der Waals surface area contributed by atoms with Crippen molar-refractivity contribution in [3.8, 4) is 5.75 Å². The molecule has 0 aromatic heterocycles. The van der Waals surface area contributed by atoms with Gasteiger partial charge in [-0.15, -0.1) is 0 Å². The summed E-state index contributed by atoms with van der Waals surface area (Å²) < 4.78 is 11.2. The van der Waals surface area contributed by atoms with Crippen LogP contribution in [0.15, 0.2) is 30.3 Å². The van der Waals surface area contributed by atoms with Gasteiger partial charge in [0.05, 0.1) is 6.10 Å². The van der Waals surface area contributed by atoms with Crippen molar-refractivity contribution >= 4 is 24.2 Å². The molecule has 0 saturated carbocycles. The van der Waals surface area contributed by atoms with E-state index in [0.717, 1.165) is 0 Å². The highest BCUT2D eigenvalue weighted by Crippen LogP contribution is 2.48. The molecule has 0 radical (unpaired) electrons. The number of para-hydroxylation sites is 1. The number of esters is 1. The van der Waals surface area contributed by atoms with E-state index in [-0.39, 0.29) is 17.7 Å². The van der Waals surface area contributed by atoms with E-state index in [1.165, 1.54) is 0 Å². The highest BCUT2D eigenvalue weighted by Gasteiger charge is 2.29. The van der Waals surface area contributed by atoms with E-state index in [2.05, 4.69) is 5.09 Å². The number of rotatable bonds is 7. The molecule has 1 aromatic carbocycles. The second-order valence-corrected chi connectivity index (χ2v) is 9.73. The topological polar surface area (TPSA) is 47.6 Å². The third-order valence-electron chi connectivity index (χ3n) is 2.74. The zero-order valence-electron chi connectivity index (χ0n) is 13.2. The predicted molar refractivity (Wildman–Crippen MR) is 90.3 cm³/mol. The third kappa shape index (κ3) is 5.77. The Kier molecular flexibility index (Phi) is 6.85. The molecular formula is C15H24NO3PS. The Hall–Kier alpha value is -0.900. The SMILES string of the molecule is CC(C)OC(=O)[C@@H](C)NP(=S)(Oc1ccccc1)C(C)C. The smallest absolute Gasteiger partial charge is 0.323 e. The second-order valence-electron chi connectivity index (χ2n) is 5.43. The van der Waals surface area contributed by atoms with Gasteiger partial charge in [0.15, 0.2) is 6.42 Å². The quantitative estimate of drug-likeness (QED) is 0.610. The Morgan fingerprint density at radius 1 is 1.14 bits per heavy atom. The minimum atomic E-state index is -2.38. The summed E-state index contributed by atoms with van der Waals surface area (Å²) >= 11 is 5.69. The van der Waals surface area contributed by atoms with Crippen LogP contribution in [-0.2, 0) is 21.3 Å². The van der Waals surface area contributed by atoms with Gasteiger partial charge in [0, 0.05) is 5.66 Å². The Morgan fingerprint density at radius 2 is 1.71 bits per heavy atom. The van der Waals surface area contributed by atoms with Crippen LogP contribution in [0.25, 0.3) is 0 Å². The van der Waals surface area contributed by atoms with E-state index >= 15 is 0 Å². The fourth-order valence-corrected chi connectivity index (χ4v) is 3.95. The number of carbonyl (C=O) groups excluding carboxylic acids is 1. The summed E-state index contributed by atoms with van der Waals surface area (Å²) in [6.45, 7) is 9.39. The van der Waals surface area contributed by atoms with E-state index in [1.807, 2.05) is 58.0 Å². The minimum Gasteiger partial charge on any atom is -0.462 e. The summed E-state index contributed by atoms with van der Waals surface area (Å²) in [5, 5.41) is 3.18. The molecule has 1 rings (SSSR count). The molecule has 1 aromatic rings. The average molecular weight is 329 g/mol. The molecule has 21 heavy (non-hydrogen) atoms. The summed E-state index contributed by atoms with van der Waals surface area (Å²) in [7, 11) is 0. The van der Waals surface area contributed by atoms with Crippen LogP contribution in [0.5, 0.6) is 5.75 Å². The Morgan fingerprint density at radius 3 is 2.19 bits per heavy atom. The molecule has 0 spiro atoms. The van der Waals surface area contributed by atoms with Gasteiger partial charge in [0.2, 0.25) is 0 Å². The van der Waals surface area contributed by atoms with Gasteiger partial charge in [-0.25, -0.2) is 5.09 Å². The van der Waals surface area contributed by atoms with Crippen molar-refractivity contribution in [1.82, 2.24) is 5.09 Å². The van der Waals surface area contributed by atoms with Crippen molar-refractivity contribution in [2.24, 2.45) is 0 Å². The lowest BCUT2D eigenvalue weighted by molar-refractivity contribution is -0.148. The zero-order valence-corrected chi connectivity index (χ0v) is 14.9. The number of hydrogen-bond acceptors (Lipinski definition) is 4. The molecule has 118 valence electrons. The molecule has 0 aliphatic rings. The van der Waals surface area contributed by atoms with Crippen molar-refractivity contribution in [2.45, 2.75) is 52.4 Å². The van der Waals surface area contributed by atoms with Gasteiger partial charge in [-0.05, 0) is 44.7 Å². The van der Waals surface area contributed by atoms with Crippen molar-refractivity contribution < 1.29 is 14.1 Å². The largest absolute Gasteiger partial charge is 0.462 e. The van der Waals surface area contributed by atoms with Crippen LogP contribution in [0.2, 0.25) is 0 Å². The average Bonchev–Trinajstić information content (AvgIpc) is 2.38. The van der Waals surface area contributed by atoms with Crippen LogP contribution in [0, 0.1) is 0 Å². The Bertz CT molecular complexity index is 505. The van der Waals surface area contributed by atoms with E-state index in [1.54, 1.807) is 6.92 Å². The van der Waals surface area contributed by atoms with E-state index < -0.39 is 12.5 Å². The third-order valence-corrected chi connectivity index (χ3v) is 7.14. The summed E-state index contributed by atoms with van der Waals surface area (Å²) in [5.74, 6) is 0.406. The van der Waals surface area contributed by atoms with Gasteiger partial charge >= 0.3 is 5.97 Å². The zero-order chi connectivity index (χ0) is 16.0. The van der Waals surface area contributed by atoms with Gasteiger partial charge in [-0.2, -0.15) is 0 Å². The van der Waals surface area contributed by atoms with Crippen LogP contribution in [0.3, 0.4) is 0 Å². The van der Waals surface area contributed by atoms with Crippen molar-refractivity contribution in [3.05, 3.63) is 30.3 Å². The van der Waals surface area contributed by atoms with Gasteiger partial charge < -0.3 is 9.26 Å². The first kappa shape index (κ1) is 18.1. The molecule has 0 saturated heterocycles. The van der Waals surface area contributed by atoms with Gasteiger partial charge in [-0.3, -0.25) is 4.79 Å². The molecule has 1 unspecified atom stereocenters. The molecule has 6 heteroatoms. The molecule has 0 amide bonds. The molecule has 1 N–H and O–H groups in total. The first-order valence-corrected chi connectivity index (χ1v) is 9.86. The molecular weight excluding hydrogens is 305 g/mol. The number of hydrogen-bond donors (Lipinski definition) is 1. The highest BCUT2D eigenvalue weighted by atomic mass is 32.4. The van der Waals surface area contributed by atoms with Crippen molar-refractivity contribution in [2.75, 3.05) is 0 Å². The van der Waals surface area contributed by atoms with Crippen LogP contribution in [-0.4, -0.2) is 23.8 Å². The lowest BCUT2D eigenvalue weighted by Gasteiger charge is -2.30. The molecule has 4 nitrogen and oxygen atoms in total. The lowest BCUT2D eigenvalue weighted by atomic mass is 10.3. The first-order chi connectivity index (χ1) is 9.74. The summed E-state index contributed by atoms with van der Waals surface area (Å²) in [4.78, 5) is 11.9. The van der Waals surface area contributed by atoms with E-state index in [0.29, 0.717) is 5.75 Å². The number of benzene rings is 1. The summed E-state index contributed by atoms with van der Waals surface area (Å²) in [6.07, 6.45) is -2.53. The standard InChI is InChI=1S/C15H24NO3PS/c1-11(2)18-15(17)13(5)16-20(21,12(3)4)19-14-9-7-6-8-10-14/h6-13H,1-5H3,(H,16,21)/t13-,20?/m1/s1. The first-order valence-electron chi connectivity index (χ1n) is 7.07. The molecule has 0 aliphatic carbocycles.